The topological polar surface area (TPSA) is 38.5 Å². The van der Waals surface area contributed by atoms with Gasteiger partial charge < -0.3 is 10.5 Å². The zero-order valence-corrected chi connectivity index (χ0v) is 10.9. The van der Waals surface area contributed by atoms with Crippen LogP contribution in [0.15, 0.2) is 0 Å². The fraction of sp³-hybridized carbons (Fsp3) is 1.00. The largest absolute Gasteiger partial charge is 0.375 e. The fourth-order valence-electron chi connectivity index (χ4n) is 3.15. The van der Waals surface area contributed by atoms with Crippen molar-refractivity contribution in [3.63, 3.8) is 0 Å². The van der Waals surface area contributed by atoms with Gasteiger partial charge in [-0.05, 0) is 52.5 Å². The molecule has 0 bridgehead atoms. The highest BCUT2D eigenvalue weighted by Gasteiger charge is 2.37. The van der Waals surface area contributed by atoms with Crippen LogP contribution in [-0.4, -0.2) is 42.8 Å². The number of nitrogens with two attached hydrogens (primary N) is 1. The maximum absolute atomic E-state index is 5.92. The summed E-state index contributed by atoms with van der Waals surface area (Å²) in [6, 6.07) is 1.26. The van der Waals surface area contributed by atoms with Crippen LogP contribution in [0.5, 0.6) is 0 Å². The van der Waals surface area contributed by atoms with Crippen LogP contribution >= 0.6 is 0 Å². The van der Waals surface area contributed by atoms with Crippen LogP contribution < -0.4 is 5.73 Å². The molecule has 94 valence electrons. The van der Waals surface area contributed by atoms with Gasteiger partial charge in [0.25, 0.3) is 0 Å². The minimum atomic E-state index is 0.397. The molecule has 1 saturated carbocycles. The van der Waals surface area contributed by atoms with Gasteiger partial charge in [0, 0.05) is 18.6 Å². The number of rotatable bonds is 4. The van der Waals surface area contributed by atoms with Crippen LogP contribution in [0.25, 0.3) is 0 Å². The van der Waals surface area contributed by atoms with E-state index in [1.54, 1.807) is 0 Å². The summed E-state index contributed by atoms with van der Waals surface area (Å²) in [7, 11) is 2.26. The second-order valence-corrected chi connectivity index (χ2v) is 5.69. The van der Waals surface area contributed by atoms with E-state index in [1.807, 2.05) is 0 Å². The second-order valence-electron chi connectivity index (χ2n) is 5.69. The Labute approximate surface area is 99.3 Å². The summed E-state index contributed by atoms with van der Waals surface area (Å²) < 4.78 is 5.80. The van der Waals surface area contributed by atoms with E-state index in [0.717, 1.165) is 25.3 Å². The SMILES string of the molecule is CC1CC(N(C)C(CN)C2CC2)CC(C)O1. The molecule has 0 radical (unpaired) electrons. The summed E-state index contributed by atoms with van der Waals surface area (Å²) in [5.74, 6) is 0.864. The van der Waals surface area contributed by atoms with E-state index in [2.05, 4.69) is 25.8 Å². The van der Waals surface area contributed by atoms with Gasteiger partial charge in [-0.2, -0.15) is 0 Å². The van der Waals surface area contributed by atoms with E-state index in [1.165, 1.54) is 12.8 Å². The van der Waals surface area contributed by atoms with Gasteiger partial charge in [0.1, 0.15) is 0 Å². The van der Waals surface area contributed by atoms with Crippen molar-refractivity contribution in [1.82, 2.24) is 4.90 Å². The van der Waals surface area contributed by atoms with Crippen LogP contribution in [0.3, 0.4) is 0 Å². The molecule has 3 nitrogen and oxygen atoms in total. The van der Waals surface area contributed by atoms with Crippen molar-refractivity contribution in [1.29, 1.82) is 0 Å². The minimum absolute atomic E-state index is 0.397. The van der Waals surface area contributed by atoms with Crippen LogP contribution in [0.1, 0.15) is 39.5 Å². The maximum atomic E-state index is 5.92. The predicted octanol–water partition coefficient (Wildman–Crippen LogP) is 1.61. The average Bonchev–Trinajstić information content (AvgIpc) is 3.01. The summed E-state index contributed by atoms with van der Waals surface area (Å²) >= 11 is 0. The molecule has 2 N–H and O–H groups in total. The Morgan fingerprint density at radius 3 is 2.25 bits per heavy atom. The van der Waals surface area contributed by atoms with E-state index in [4.69, 9.17) is 10.5 Å². The minimum Gasteiger partial charge on any atom is -0.375 e. The van der Waals surface area contributed by atoms with Gasteiger partial charge in [0.15, 0.2) is 0 Å². The van der Waals surface area contributed by atoms with Gasteiger partial charge in [0.2, 0.25) is 0 Å². The Bertz CT molecular complexity index is 220. The van der Waals surface area contributed by atoms with Crippen molar-refractivity contribution in [2.24, 2.45) is 11.7 Å². The van der Waals surface area contributed by atoms with E-state index in [0.29, 0.717) is 24.3 Å². The third kappa shape index (κ3) is 2.76. The van der Waals surface area contributed by atoms with Crippen molar-refractivity contribution in [3.05, 3.63) is 0 Å². The van der Waals surface area contributed by atoms with Gasteiger partial charge in [-0.3, -0.25) is 4.90 Å². The molecule has 0 aromatic heterocycles. The third-order valence-corrected chi connectivity index (χ3v) is 4.18. The highest BCUT2D eigenvalue weighted by molar-refractivity contribution is 4.92. The standard InChI is InChI=1S/C13H26N2O/c1-9-6-12(7-10(2)16-9)15(3)13(8-14)11-4-5-11/h9-13H,4-8,14H2,1-3H3. The molecule has 2 rings (SSSR count). The lowest BCUT2D eigenvalue weighted by molar-refractivity contribution is -0.0681. The summed E-state index contributed by atoms with van der Waals surface area (Å²) in [6.07, 6.45) is 5.86. The van der Waals surface area contributed by atoms with Gasteiger partial charge >= 0.3 is 0 Å². The summed E-state index contributed by atoms with van der Waals surface area (Å²) in [5, 5.41) is 0. The van der Waals surface area contributed by atoms with Crippen LogP contribution in [0.4, 0.5) is 0 Å². The third-order valence-electron chi connectivity index (χ3n) is 4.18. The first-order chi connectivity index (χ1) is 7.61. The van der Waals surface area contributed by atoms with Gasteiger partial charge in [-0.25, -0.2) is 0 Å². The Morgan fingerprint density at radius 2 is 1.81 bits per heavy atom. The predicted molar refractivity (Wildman–Crippen MR) is 66.4 cm³/mol. The first-order valence-corrected chi connectivity index (χ1v) is 6.69. The van der Waals surface area contributed by atoms with Crippen LogP contribution in [0, 0.1) is 5.92 Å². The molecule has 2 fully saturated rings. The van der Waals surface area contributed by atoms with E-state index < -0.39 is 0 Å². The Balaban J connectivity index is 1.93. The molecule has 1 aliphatic carbocycles. The zero-order chi connectivity index (χ0) is 11.7. The lowest BCUT2D eigenvalue weighted by Gasteiger charge is -2.41. The summed E-state index contributed by atoms with van der Waals surface area (Å²) in [4.78, 5) is 2.53. The Kier molecular flexibility index (Phi) is 3.88. The van der Waals surface area contributed by atoms with Gasteiger partial charge in [-0.1, -0.05) is 0 Å². The molecule has 0 aromatic carbocycles. The number of ether oxygens (including phenoxy) is 1. The van der Waals surface area contributed by atoms with E-state index >= 15 is 0 Å². The molecule has 0 amide bonds. The average molecular weight is 226 g/mol. The zero-order valence-electron chi connectivity index (χ0n) is 10.9. The van der Waals surface area contributed by atoms with Crippen molar-refractivity contribution < 1.29 is 4.74 Å². The Morgan fingerprint density at radius 1 is 1.25 bits per heavy atom. The van der Waals surface area contributed by atoms with Crippen molar-refractivity contribution in [2.75, 3.05) is 13.6 Å². The smallest absolute Gasteiger partial charge is 0.0565 e. The molecule has 1 aliphatic heterocycles. The fourth-order valence-corrected chi connectivity index (χ4v) is 3.15. The quantitative estimate of drug-likeness (QED) is 0.791. The molecule has 3 heteroatoms. The van der Waals surface area contributed by atoms with Crippen molar-refractivity contribution >= 4 is 0 Å². The van der Waals surface area contributed by atoms with Gasteiger partial charge in [-0.15, -0.1) is 0 Å². The molecule has 0 aromatic rings. The van der Waals surface area contributed by atoms with Gasteiger partial charge in [0.05, 0.1) is 12.2 Å². The molecule has 3 unspecified atom stereocenters. The monoisotopic (exact) mass is 226 g/mol. The normalized spacial score (nSPS) is 37.7. The number of nitrogens with zero attached hydrogens (tertiary/aromatic N) is 1. The molecule has 1 heterocycles. The van der Waals surface area contributed by atoms with Crippen LogP contribution in [-0.2, 0) is 4.74 Å². The van der Waals surface area contributed by atoms with E-state index in [9.17, 15) is 0 Å². The molecular formula is C13H26N2O. The molecular weight excluding hydrogens is 200 g/mol. The molecule has 16 heavy (non-hydrogen) atoms. The number of likely N-dealkylation sites (N-methyl/N-ethyl adjacent to an activating group) is 1. The first-order valence-electron chi connectivity index (χ1n) is 6.69. The maximum Gasteiger partial charge on any atom is 0.0565 e. The van der Waals surface area contributed by atoms with Crippen LogP contribution in [0.2, 0.25) is 0 Å². The Hall–Kier alpha value is -0.120. The molecule has 2 aliphatic rings. The van der Waals surface area contributed by atoms with Crippen molar-refractivity contribution in [2.45, 2.75) is 63.8 Å². The first kappa shape index (κ1) is 12.3. The molecule has 0 spiro atoms. The number of hydrogen-bond acceptors (Lipinski definition) is 3. The molecule has 1 saturated heterocycles. The van der Waals surface area contributed by atoms with E-state index in [-0.39, 0.29) is 0 Å². The number of hydrogen-bond donors (Lipinski definition) is 1. The highest BCUT2D eigenvalue weighted by Crippen LogP contribution is 2.36. The van der Waals surface area contributed by atoms with Crippen molar-refractivity contribution in [3.8, 4) is 0 Å². The lowest BCUT2D eigenvalue weighted by Crippen LogP contribution is -2.50. The highest BCUT2D eigenvalue weighted by atomic mass is 16.5. The summed E-state index contributed by atoms with van der Waals surface area (Å²) in [6.45, 7) is 5.18. The molecule has 3 atom stereocenters. The summed E-state index contributed by atoms with van der Waals surface area (Å²) in [5.41, 5.74) is 5.92. The second kappa shape index (κ2) is 5.03. The lowest BCUT2D eigenvalue weighted by atomic mass is 9.96.